The number of hydrogen-bond donors (Lipinski definition) is 2. The highest BCUT2D eigenvalue weighted by Gasteiger charge is 2.28. The van der Waals surface area contributed by atoms with Crippen molar-refractivity contribution in [3.8, 4) is 5.88 Å². The largest absolute Gasteiger partial charge is 0.492 e. The fraction of sp³-hybridized carbons (Fsp3) is 0.368. The normalized spacial score (nSPS) is 11.2. The third-order valence-electron chi connectivity index (χ3n) is 3.86. The molecule has 1 heterocycles. The Labute approximate surface area is 161 Å². The Morgan fingerprint density at radius 3 is 2.36 bits per heavy atom. The zero-order valence-corrected chi connectivity index (χ0v) is 16.3. The lowest BCUT2D eigenvalue weighted by Gasteiger charge is -2.17. The molecule has 9 heteroatoms. The van der Waals surface area contributed by atoms with Gasteiger partial charge in [-0.25, -0.2) is 4.79 Å². The van der Waals surface area contributed by atoms with E-state index in [1.54, 1.807) is 20.8 Å². The molecule has 0 saturated heterocycles. The van der Waals surface area contributed by atoms with Gasteiger partial charge in [0.15, 0.2) is 5.78 Å². The summed E-state index contributed by atoms with van der Waals surface area (Å²) in [5.41, 5.74) is -0.381. The summed E-state index contributed by atoms with van der Waals surface area (Å²) in [5, 5.41) is 13.3. The molecule has 1 amide bonds. The maximum absolute atomic E-state index is 12.3. The van der Waals surface area contributed by atoms with Gasteiger partial charge in [0.05, 0.1) is 23.6 Å². The molecule has 2 N–H and O–H groups in total. The minimum Gasteiger partial charge on any atom is -0.492 e. The molecule has 0 unspecified atom stereocenters. The molecule has 0 radical (unpaired) electrons. The summed E-state index contributed by atoms with van der Waals surface area (Å²) >= 11 is 0. The fourth-order valence-electron chi connectivity index (χ4n) is 2.39. The van der Waals surface area contributed by atoms with Crippen LogP contribution in [0, 0.1) is 5.41 Å². The Balaban J connectivity index is 2.50. The van der Waals surface area contributed by atoms with Gasteiger partial charge in [-0.15, -0.1) is 4.73 Å². The number of ketones is 1. The van der Waals surface area contributed by atoms with Crippen molar-refractivity contribution in [3.63, 3.8) is 0 Å². The molecule has 0 aliphatic rings. The maximum Gasteiger partial charge on any atom is 0.338 e. The number of ether oxygens (including phenoxy) is 1. The molecule has 28 heavy (non-hydrogen) atoms. The van der Waals surface area contributed by atoms with E-state index in [-0.39, 0.29) is 16.8 Å². The van der Waals surface area contributed by atoms with Gasteiger partial charge < -0.3 is 20.0 Å². The zero-order valence-electron chi connectivity index (χ0n) is 16.3. The quantitative estimate of drug-likeness (QED) is 0.455. The van der Waals surface area contributed by atoms with Crippen LogP contribution in [0.3, 0.4) is 0 Å². The summed E-state index contributed by atoms with van der Waals surface area (Å²) in [6.45, 7) is 6.20. The molecule has 0 spiro atoms. The van der Waals surface area contributed by atoms with Crippen molar-refractivity contribution < 1.29 is 33.9 Å². The third-order valence-corrected chi connectivity index (χ3v) is 3.86. The Hall–Kier alpha value is -3.36. The molecule has 1 aromatic heterocycles. The molecular weight excluding hydrogens is 368 g/mol. The first-order chi connectivity index (χ1) is 13.0. The summed E-state index contributed by atoms with van der Waals surface area (Å²) in [6.07, 6.45) is -0.474. The van der Waals surface area contributed by atoms with Crippen LogP contribution in [0.25, 0.3) is 10.9 Å². The Kier molecular flexibility index (Phi) is 5.77. The van der Waals surface area contributed by atoms with Crippen LogP contribution in [-0.2, 0) is 19.1 Å². The number of rotatable bonds is 5. The Bertz CT molecular complexity index is 967. The van der Waals surface area contributed by atoms with Gasteiger partial charge in [-0.3, -0.25) is 14.4 Å². The van der Waals surface area contributed by atoms with Gasteiger partial charge in [0, 0.05) is 11.1 Å². The van der Waals surface area contributed by atoms with Crippen LogP contribution in [0.5, 0.6) is 5.88 Å². The van der Waals surface area contributed by atoms with Crippen molar-refractivity contribution in [1.29, 1.82) is 0 Å². The maximum atomic E-state index is 12.3. The number of anilines is 1. The van der Waals surface area contributed by atoms with Gasteiger partial charge in [0.1, 0.15) is 6.42 Å². The van der Waals surface area contributed by atoms with E-state index in [2.05, 4.69) is 10.1 Å². The summed E-state index contributed by atoms with van der Waals surface area (Å²) in [5.74, 6) is -2.87. The van der Waals surface area contributed by atoms with Crippen molar-refractivity contribution in [2.75, 3.05) is 12.4 Å². The lowest BCUT2D eigenvalue weighted by molar-refractivity contribution is -0.153. The topological polar surface area (TPSA) is 124 Å². The van der Waals surface area contributed by atoms with Crippen LogP contribution >= 0.6 is 0 Å². The second-order valence-corrected chi connectivity index (χ2v) is 7.21. The highest BCUT2D eigenvalue weighted by Crippen LogP contribution is 2.33. The predicted molar refractivity (Wildman–Crippen MR) is 99.9 cm³/mol. The lowest BCUT2D eigenvalue weighted by Crippen LogP contribution is -2.31. The van der Waals surface area contributed by atoms with E-state index < -0.39 is 41.3 Å². The second-order valence-electron chi connectivity index (χ2n) is 7.21. The molecule has 2 rings (SSSR count). The molecule has 1 aromatic carbocycles. The summed E-state index contributed by atoms with van der Waals surface area (Å²) in [7, 11) is 1.17. The van der Waals surface area contributed by atoms with E-state index in [4.69, 9.17) is 4.84 Å². The van der Waals surface area contributed by atoms with Crippen LogP contribution in [0.1, 0.15) is 44.5 Å². The van der Waals surface area contributed by atoms with Gasteiger partial charge in [-0.2, -0.15) is 0 Å². The van der Waals surface area contributed by atoms with E-state index in [1.807, 2.05) is 0 Å². The van der Waals surface area contributed by atoms with E-state index in [0.29, 0.717) is 5.39 Å². The van der Waals surface area contributed by atoms with Crippen molar-refractivity contribution in [3.05, 3.63) is 23.8 Å². The van der Waals surface area contributed by atoms with Gasteiger partial charge >= 0.3 is 11.9 Å². The van der Waals surface area contributed by atoms with Gasteiger partial charge in [0.25, 0.3) is 0 Å². The number of esters is 1. The van der Waals surface area contributed by atoms with E-state index in [1.165, 1.54) is 32.2 Å². The monoisotopic (exact) mass is 390 g/mol. The summed E-state index contributed by atoms with van der Waals surface area (Å²) in [4.78, 5) is 52.6. The number of benzene rings is 1. The predicted octanol–water partition coefficient (Wildman–Crippen LogP) is 2.05. The zero-order chi connectivity index (χ0) is 21.2. The van der Waals surface area contributed by atoms with Crippen LogP contribution in [0.2, 0.25) is 0 Å². The molecule has 0 aliphatic heterocycles. The second kappa shape index (κ2) is 7.71. The molecule has 0 saturated carbocycles. The van der Waals surface area contributed by atoms with Gasteiger partial charge in [-0.1, -0.05) is 0 Å². The highest BCUT2D eigenvalue weighted by molar-refractivity contribution is 6.10. The molecule has 2 aromatic rings. The number of carbonyl (C=O) groups is 4. The minimum atomic E-state index is -0.855. The first-order valence-electron chi connectivity index (χ1n) is 8.43. The van der Waals surface area contributed by atoms with Crippen LogP contribution < -0.4 is 10.2 Å². The molecular formula is C19H22N2O7. The Morgan fingerprint density at radius 1 is 1.18 bits per heavy atom. The lowest BCUT2D eigenvalue weighted by atomic mass is 9.98. The number of amides is 1. The highest BCUT2D eigenvalue weighted by atomic mass is 16.7. The van der Waals surface area contributed by atoms with E-state index in [0.717, 1.165) is 4.73 Å². The number of aromatic hydroxyl groups is 1. The number of carbonyl (C=O) groups excluding carboxylic acids is 4. The SMILES string of the molecule is COC(=O)CC(=O)Nc1ccc2c(C(C)=O)c(O)n(OC(=O)C(C)(C)C)c2c1. The smallest absolute Gasteiger partial charge is 0.338 e. The standard InChI is InChI=1S/C19H22N2O7/c1-10(22)16-12-7-6-11(20-14(23)9-15(24)27-5)8-13(12)21(17(16)25)28-18(26)19(2,3)4/h6-8,25H,9H2,1-5H3,(H,20,23). The average Bonchev–Trinajstić information content (AvgIpc) is 2.85. The van der Waals surface area contributed by atoms with Crippen molar-refractivity contribution >= 4 is 40.2 Å². The first kappa shape index (κ1) is 20.9. The van der Waals surface area contributed by atoms with Crippen molar-refractivity contribution in [2.45, 2.75) is 34.1 Å². The van der Waals surface area contributed by atoms with Crippen molar-refractivity contribution in [1.82, 2.24) is 4.73 Å². The number of fused-ring (bicyclic) bond motifs is 1. The number of Topliss-reactive ketones (excluding diaryl/α,β-unsaturated/α-hetero) is 1. The van der Waals surface area contributed by atoms with Crippen LogP contribution in [-0.4, -0.2) is 40.6 Å². The van der Waals surface area contributed by atoms with Gasteiger partial charge in [0.2, 0.25) is 11.8 Å². The summed E-state index contributed by atoms with van der Waals surface area (Å²) in [6, 6.07) is 4.42. The fourth-order valence-corrected chi connectivity index (χ4v) is 2.39. The summed E-state index contributed by atoms with van der Waals surface area (Å²) < 4.78 is 5.29. The van der Waals surface area contributed by atoms with Crippen LogP contribution in [0.4, 0.5) is 5.69 Å². The molecule has 0 aliphatic carbocycles. The minimum absolute atomic E-state index is 0.0100. The third kappa shape index (κ3) is 4.30. The van der Waals surface area contributed by atoms with E-state index >= 15 is 0 Å². The van der Waals surface area contributed by atoms with Gasteiger partial charge in [-0.05, 0) is 45.9 Å². The molecule has 0 atom stereocenters. The van der Waals surface area contributed by atoms with Crippen molar-refractivity contribution in [2.24, 2.45) is 5.41 Å². The molecule has 0 fully saturated rings. The number of nitrogens with one attached hydrogen (secondary N) is 1. The number of hydrogen-bond acceptors (Lipinski definition) is 7. The number of aromatic nitrogens is 1. The molecule has 0 bridgehead atoms. The first-order valence-corrected chi connectivity index (χ1v) is 8.43. The molecule has 9 nitrogen and oxygen atoms in total. The van der Waals surface area contributed by atoms with E-state index in [9.17, 15) is 24.3 Å². The average molecular weight is 390 g/mol. The molecule has 150 valence electrons. The number of methoxy groups -OCH3 is 1. The Morgan fingerprint density at radius 2 is 1.82 bits per heavy atom. The van der Waals surface area contributed by atoms with Crippen LogP contribution in [0.15, 0.2) is 18.2 Å². The number of nitrogens with zero attached hydrogens (tertiary/aromatic N) is 1.